The van der Waals surface area contributed by atoms with Crippen molar-refractivity contribution >= 4 is 17.8 Å². The molecule has 2 aromatic rings. The first-order chi connectivity index (χ1) is 10.2. The normalized spacial score (nSPS) is 9.76. The molecule has 0 radical (unpaired) electrons. The predicted molar refractivity (Wildman–Crippen MR) is 75.7 cm³/mol. The molecule has 0 unspecified atom stereocenters. The molecule has 0 aliphatic carbocycles. The van der Waals surface area contributed by atoms with Crippen LogP contribution in [0.3, 0.4) is 0 Å². The number of carbonyl (C=O) groups excluding carboxylic acids is 2. The van der Waals surface area contributed by atoms with Crippen molar-refractivity contribution in [2.45, 2.75) is 6.54 Å². The Morgan fingerprint density at radius 2 is 1.95 bits per heavy atom. The number of ether oxygens (including phenoxy) is 1. The fraction of sp³-hybridized carbons (Fsp3) is 0.143. The fourth-order valence-electron chi connectivity index (χ4n) is 1.58. The quantitative estimate of drug-likeness (QED) is 0.832. The second-order valence-electron chi connectivity index (χ2n) is 4.09. The van der Waals surface area contributed by atoms with Crippen molar-refractivity contribution in [3.8, 4) is 0 Å². The Morgan fingerprint density at radius 3 is 2.57 bits per heavy atom. The van der Waals surface area contributed by atoms with E-state index in [4.69, 9.17) is 0 Å². The molecule has 0 aliphatic heterocycles. The van der Waals surface area contributed by atoms with Gasteiger partial charge in [0, 0.05) is 18.9 Å². The average molecular weight is 286 g/mol. The first-order valence-corrected chi connectivity index (χ1v) is 6.17. The summed E-state index contributed by atoms with van der Waals surface area (Å²) in [6.45, 7) is 0.327. The molecule has 2 rings (SSSR count). The van der Waals surface area contributed by atoms with Gasteiger partial charge in [0.05, 0.1) is 18.9 Å². The molecule has 1 heterocycles. The van der Waals surface area contributed by atoms with Gasteiger partial charge in [-0.15, -0.1) is 0 Å². The first-order valence-electron chi connectivity index (χ1n) is 6.17. The average Bonchev–Trinajstić information content (AvgIpc) is 2.53. The van der Waals surface area contributed by atoms with Crippen molar-refractivity contribution in [3.05, 3.63) is 54.0 Å². The van der Waals surface area contributed by atoms with Gasteiger partial charge >= 0.3 is 12.0 Å². The summed E-state index contributed by atoms with van der Waals surface area (Å²) in [5.74, 6) is -0.0223. The largest absolute Gasteiger partial charge is 0.465 e. The Labute approximate surface area is 121 Å². The number of rotatable bonds is 4. The van der Waals surface area contributed by atoms with Crippen LogP contribution in [0.5, 0.6) is 0 Å². The number of urea groups is 1. The molecule has 1 aromatic carbocycles. The number of benzene rings is 1. The lowest BCUT2D eigenvalue weighted by Crippen LogP contribution is -2.28. The summed E-state index contributed by atoms with van der Waals surface area (Å²) in [4.78, 5) is 30.7. The predicted octanol–water partition coefficient (Wildman–Crippen LogP) is 1.58. The molecule has 7 heteroatoms. The van der Waals surface area contributed by atoms with Gasteiger partial charge in [0.1, 0.15) is 0 Å². The minimum atomic E-state index is -0.394. The van der Waals surface area contributed by atoms with Crippen LogP contribution < -0.4 is 10.6 Å². The second-order valence-corrected chi connectivity index (χ2v) is 4.09. The van der Waals surface area contributed by atoms with Crippen molar-refractivity contribution in [3.63, 3.8) is 0 Å². The van der Waals surface area contributed by atoms with Gasteiger partial charge in [-0.1, -0.05) is 12.1 Å². The molecule has 1 aromatic heterocycles. The van der Waals surface area contributed by atoms with Gasteiger partial charge in [-0.25, -0.2) is 14.6 Å². The summed E-state index contributed by atoms with van der Waals surface area (Å²) < 4.78 is 4.61. The fourth-order valence-corrected chi connectivity index (χ4v) is 1.58. The van der Waals surface area contributed by atoms with E-state index in [1.54, 1.807) is 24.3 Å². The number of carbonyl (C=O) groups is 2. The molecule has 0 fully saturated rings. The van der Waals surface area contributed by atoms with Crippen LogP contribution >= 0.6 is 0 Å². The van der Waals surface area contributed by atoms with E-state index in [2.05, 4.69) is 25.3 Å². The molecule has 2 N–H and O–H groups in total. The molecule has 7 nitrogen and oxygen atoms in total. The van der Waals surface area contributed by atoms with Gasteiger partial charge < -0.3 is 10.1 Å². The number of hydrogen-bond donors (Lipinski definition) is 2. The van der Waals surface area contributed by atoms with Crippen molar-refractivity contribution in [1.29, 1.82) is 0 Å². The zero-order valence-electron chi connectivity index (χ0n) is 11.4. The topological polar surface area (TPSA) is 93.2 Å². The highest BCUT2D eigenvalue weighted by atomic mass is 16.5. The maximum Gasteiger partial charge on any atom is 0.337 e. The standard InChI is InChI=1S/C14H14N4O3/c1-21-13(19)11-4-2-10(3-5-11)8-17-14(20)18-12-9-15-6-7-16-12/h2-7,9H,8H2,1H3,(H2,16,17,18,20). The first kappa shape index (κ1) is 14.4. The summed E-state index contributed by atoms with van der Waals surface area (Å²) >= 11 is 0. The van der Waals surface area contributed by atoms with Crippen molar-refractivity contribution in [2.75, 3.05) is 12.4 Å². The summed E-state index contributed by atoms with van der Waals surface area (Å²) in [6, 6.07) is 6.39. The van der Waals surface area contributed by atoms with Gasteiger partial charge in [0.2, 0.25) is 0 Å². The van der Waals surface area contributed by atoms with Crippen LogP contribution in [0.4, 0.5) is 10.6 Å². The number of nitrogens with zero attached hydrogens (tertiary/aromatic N) is 2. The minimum absolute atomic E-state index is 0.327. The van der Waals surface area contributed by atoms with Crippen LogP contribution in [0.15, 0.2) is 42.9 Å². The Balaban J connectivity index is 1.85. The highest BCUT2D eigenvalue weighted by molar-refractivity contribution is 5.89. The molecule has 0 bridgehead atoms. The van der Waals surface area contributed by atoms with Crippen molar-refractivity contribution in [2.24, 2.45) is 0 Å². The van der Waals surface area contributed by atoms with Crippen LogP contribution in [0.1, 0.15) is 15.9 Å². The molecule has 2 amide bonds. The van der Waals surface area contributed by atoms with E-state index in [0.717, 1.165) is 5.56 Å². The smallest absolute Gasteiger partial charge is 0.337 e. The molecule has 0 aliphatic rings. The lowest BCUT2D eigenvalue weighted by atomic mass is 10.1. The number of aromatic nitrogens is 2. The van der Waals surface area contributed by atoms with E-state index in [0.29, 0.717) is 17.9 Å². The maximum atomic E-state index is 11.6. The van der Waals surface area contributed by atoms with E-state index in [9.17, 15) is 9.59 Å². The maximum absolute atomic E-state index is 11.6. The summed E-state index contributed by atoms with van der Waals surface area (Å²) in [6.07, 6.45) is 4.46. The van der Waals surface area contributed by atoms with E-state index < -0.39 is 5.97 Å². The van der Waals surface area contributed by atoms with E-state index in [1.165, 1.54) is 25.7 Å². The number of esters is 1. The molecule has 0 saturated heterocycles. The summed E-state index contributed by atoms with van der Waals surface area (Å²) in [7, 11) is 1.33. The van der Waals surface area contributed by atoms with Gasteiger partial charge in [-0.05, 0) is 17.7 Å². The zero-order valence-corrected chi connectivity index (χ0v) is 11.4. The van der Waals surface area contributed by atoms with Crippen molar-refractivity contribution < 1.29 is 14.3 Å². The number of hydrogen-bond acceptors (Lipinski definition) is 5. The SMILES string of the molecule is COC(=O)c1ccc(CNC(=O)Nc2cnccn2)cc1. The highest BCUT2D eigenvalue weighted by Crippen LogP contribution is 2.05. The van der Waals surface area contributed by atoms with Crippen LogP contribution in [0.2, 0.25) is 0 Å². The van der Waals surface area contributed by atoms with Gasteiger partial charge in [0.15, 0.2) is 5.82 Å². The Hall–Kier alpha value is -2.96. The lowest BCUT2D eigenvalue weighted by Gasteiger charge is -2.07. The number of nitrogens with one attached hydrogen (secondary N) is 2. The molecule has 0 spiro atoms. The Morgan fingerprint density at radius 1 is 1.19 bits per heavy atom. The van der Waals surface area contributed by atoms with Crippen LogP contribution in [-0.4, -0.2) is 29.1 Å². The molecular formula is C14H14N4O3. The Bertz CT molecular complexity index is 614. The third-order valence-electron chi connectivity index (χ3n) is 2.63. The van der Waals surface area contributed by atoms with E-state index in [1.807, 2.05) is 0 Å². The van der Waals surface area contributed by atoms with Crippen LogP contribution in [0, 0.1) is 0 Å². The highest BCUT2D eigenvalue weighted by Gasteiger charge is 2.05. The van der Waals surface area contributed by atoms with E-state index in [-0.39, 0.29) is 6.03 Å². The number of amides is 2. The number of anilines is 1. The van der Waals surface area contributed by atoms with E-state index >= 15 is 0 Å². The van der Waals surface area contributed by atoms with Gasteiger partial charge in [-0.2, -0.15) is 0 Å². The second kappa shape index (κ2) is 6.99. The third kappa shape index (κ3) is 4.27. The minimum Gasteiger partial charge on any atom is -0.465 e. The van der Waals surface area contributed by atoms with Gasteiger partial charge in [0.25, 0.3) is 0 Å². The molecule has 0 saturated carbocycles. The zero-order chi connectivity index (χ0) is 15.1. The van der Waals surface area contributed by atoms with Crippen molar-refractivity contribution in [1.82, 2.24) is 15.3 Å². The molecule has 108 valence electrons. The summed E-state index contributed by atoms with van der Waals surface area (Å²) in [5, 5.41) is 5.23. The molecular weight excluding hydrogens is 272 g/mol. The summed E-state index contributed by atoms with van der Waals surface area (Å²) in [5.41, 5.74) is 1.32. The molecule has 0 atom stereocenters. The van der Waals surface area contributed by atoms with Gasteiger partial charge in [-0.3, -0.25) is 10.3 Å². The number of methoxy groups -OCH3 is 1. The third-order valence-corrected chi connectivity index (χ3v) is 2.63. The monoisotopic (exact) mass is 286 g/mol. The van der Waals surface area contributed by atoms with Crippen LogP contribution in [0.25, 0.3) is 0 Å². The lowest BCUT2D eigenvalue weighted by molar-refractivity contribution is 0.0600. The Kier molecular flexibility index (Phi) is 4.81. The molecule has 21 heavy (non-hydrogen) atoms. The van der Waals surface area contributed by atoms with Crippen LogP contribution in [-0.2, 0) is 11.3 Å².